The highest BCUT2D eigenvalue weighted by molar-refractivity contribution is 5.97. The molecule has 0 radical (unpaired) electrons. The number of hydrogen-bond donors (Lipinski definition) is 3. The highest BCUT2D eigenvalue weighted by Gasteiger charge is 2.32. The molecule has 1 saturated heterocycles. The molecule has 3 N–H and O–H groups in total. The van der Waals surface area contributed by atoms with Crippen molar-refractivity contribution in [2.45, 2.75) is 44.8 Å². The monoisotopic (exact) mass is 374 g/mol. The molecule has 0 saturated carbocycles. The second-order valence-electron chi connectivity index (χ2n) is 7.31. The number of nitrogens with zero attached hydrogens (tertiary/aromatic N) is 2. The zero-order valence-electron chi connectivity index (χ0n) is 15.7. The number of rotatable bonds is 4. The minimum atomic E-state index is -1.04. The Kier molecular flexibility index (Phi) is 5.65. The van der Waals surface area contributed by atoms with E-state index in [9.17, 15) is 14.7 Å². The molecule has 8 heteroatoms. The van der Waals surface area contributed by atoms with Gasteiger partial charge in [0.15, 0.2) is 0 Å². The molecule has 0 bridgehead atoms. The van der Waals surface area contributed by atoms with Gasteiger partial charge in [0.05, 0.1) is 29.1 Å². The summed E-state index contributed by atoms with van der Waals surface area (Å²) in [6.45, 7) is 4.64. The second-order valence-corrected chi connectivity index (χ2v) is 7.31. The summed E-state index contributed by atoms with van der Waals surface area (Å²) >= 11 is 0. The molecule has 1 aliphatic heterocycles. The molecule has 1 fully saturated rings. The quantitative estimate of drug-likeness (QED) is 0.759. The number of ether oxygens (including phenoxy) is 1. The average Bonchev–Trinajstić information content (AvgIpc) is 3.01. The molecule has 2 amide bonds. The number of likely N-dealkylation sites (tertiary alicyclic amines) is 1. The molecule has 27 heavy (non-hydrogen) atoms. The molecule has 146 valence electrons. The number of aromatic amines is 1. The predicted molar refractivity (Wildman–Crippen MR) is 100 cm³/mol. The van der Waals surface area contributed by atoms with E-state index in [1.165, 1.54) is 0 Å². The minimum Gasteiger partial charge on any atom is -0.447 e. The number of carbonyl (C=O) groups is 2. The van der Waals surface area contributed by atoms with Crippen LogP contribution in [0.25, 0.3) is 11.0 Å². The standard InChI is InChI=1S/C19H26N4O4/c1-13(2)27-18(25)20-11-19(26)6-3-8-23(9-7-19)17(24)14-4-5-15-16(10-14)22-12-21-15/h4-5,10,12-13,26H,3,6-9,11H2,1-2H3,(H,20,25)(H,21,22)/t19-/m1/s1. The third-order valence-electron chi connectivity index (χ3n) is 4.78. The number of aliphatic hydroxyl groups is 1. The number of H-pyrrole nitrogens is 1. The third kappa shape index (κ3) is 4.77. The Morgan fingerprint density at radius 2 is 2.19 bits per heavy atom. The normalized spacial score (nSPS) is 20.5. The summed E-state index contributed by atoms with van der Waals surface area (Å²) in [5.41, 5.74) is 1.19. The van der Waals surface area contributed by atoms with E-state index >= 15 is 0 Å². The lowest BCUT2D eigenvalue weighted by Gasteiger charge is -2.27. The van der Waals surface area contributed by atoms with Gasteiger partial charge in [0, 0.05) is 25.2 Å². The Morgan fingerprint density at radius 1 is 1.37 bits per heavy atom. The second kappa shape index (κ2) is 7.96. The molecule has 3 rings (SSSR count). The zero-order chi connectivity index (χ0) is 19.4. The first-order chi connectivity index (χ1) is 12.9. The maximum absolute atomic E-state index is 12.8. The highest BCUT2D eigenvalue weighted by Crippen LogP contribution is 2.23. The van der Waals surface area contributed by atoms with Crippen LogP contribution >= 0.6 is 0 Å². The third-order valence-corrected chi connectivity index (χ3v) is 4.78. The van der Waals surface area contributed by atoms with Crippen LogP contribution < -0.4 is 5.32 Å². The molecule has 2 heterocycles. The van der Waals surface area contributed by atoms with Crippen molar-refractivity contribution in [3.8, 4) is 0 Å². The molecule has 1 aliphatic rings. The lowest BCUT2D eigenvalue weighted by atomic mass is 9.95. The van der Waals surface area contributed by atoms with Gasteiger partial charge in [-0.2, -0.15) is 0 Å². The maximum Gasteiger partial charge on any atom is 0.407 e. The Bertz CT molecular complexity index is 819. The van der Waals surface area contributed by atoms with Gasteiger partial charge in [-0.1, -0.05) is 0 Å². The van der Waals surface area contributed by atoms with Gasteiger partial charge in [-0.25, -0.2) is 9.78 Å². The Labute approximate surface area is 157 Å². The van der Waals surface area contributed by atoms with Crippen LogP contribution in [0, 0.1) is 0 Å². The van der Waals surface area contributed by atoms with Crippen LogP contribution in [0.15, 0.2) is 24.5 Å². The number of imidazole rings is 1. The minimum absolute atomic E-state index is 0.0667. The van der Waals surface area contributed by atoms with Crippen molar-refractivity contribution >= 4 is 23.0 Å². The summed E-state index contributed by atoms with van der Waals surface area (Å²) in [5, 5.41) is 13.4. The van der Waals surface area contributed by atoms with Crippen molar-refractivity contribution in [1.82, 2.24) is 20.2 Å². The lowest BCUT2D eigenvalue weighted by Crippen LogP contribution is -2.44. The van der Waals surface area contributed by atoms with Gasteiger partial charge in [0.2, 0.25) is 0 Å². The van der Waals surface area contributed by atoms with Crippen molar-refractivity contribution in [2.75, 3.05) is 19.6 Å². The Balaban J connectivity index is 1.60. The van der Waals surface area contributed by atoms with Crippen LogP contribution in [0.3, 0.4) is 0 Å². The van der Waals surface area contributed by atoms with Gasteiger partial charge < -0.3 is 25.0 Å². The highest BCUT2D eigenvalue weighted by atomic mass is 16.6. The van der Waals surface area contributed by atoms with Crippen LogP contribution in [0.1, 0.15) is 43.5 Å². The molecule has 0 spiro atoms. The fraction of sp³-hybridized carbons (Fsp3) is 0.526. The Morgan fingerprint density at radius 3 is 2.96 bits per heavy atom. The maximum atomic E-state index is 12.8. The SMILES string of the molecule is CC(C)OC(=O)NC[C@@]1(O)CCCN(C(=O)c2ccc3nc[nH]c3c2)CC1. The fourth-order valence-electron chi connectivity index (χ4n) is 3.30. The number of fused-ring (bicyclic) bond motifs is 1. The van der Waals surface area contributed by atoms with Gasteiger partial charge in [0.25, 0.3) is 5.91 Å². The Hall–Kier alpha value is -2.61. The summed E-state index contributed by atoms with van der Waals surface area (Å²) in [5.74, 6) is -0.0667. The van der Waals surface area contributed by atoms with Crippen molar-refractivity contribution in [3.63, 3.8) is 0 Å². The van der Waals surface area contributed by atoms with Gasteiger partial charge in [-0.3, -0.25) is 4.79 Å². The molecule has 8 nitrogen and oxygen atoms in total. The fourth-order valence-corrected chi connectivity index (χ4v) is 3.30. The lowest BCUT2D eigenvalue weighted by molar-refractivity contribution is 0.0227. The molecule has 0 aliphatic carbocycles. The number of aromatic nitrogens is 2. The zero-order valence-corrected chi connectivity index (χ0v) is 15.7. The molecule has 2 aromatic rings. The van der Waals surface area contributed by atoms with Crippen molar-refractivity contribution in [3.05, 3.63) is 30.1 Å². The van der Waals surface area contributed by atoms with Crippen molar-refractivity contribution in [1.29, 1.82) is 0 Å². The van der Waals surface area contributed by atoms with Crippen molar-refractivity contribution < 1.29 is 19.4 Å². The summed E-state index contributed by atoms with van der Waals surface area (Å²) in [6, 6.07) is 5.38. The summed E-state index contributed by atoms with van der Waals surface area (Å²) in [6.07, 6.45) is 2.42. The van der Waals surface area contributed by atoms with E-state index in [2.05, 4.69) is 15.3 Å². The summed E-state index contributed by atoms with van der Waals surface area (Å²) in [4.78, 5) is 33.4. The van der Waals surface area contributed by atoms with Gasteiger partial charge in [-0.05, 0) is 51.3 Å². The number of benzene rings is 1. The van der Waals surface area contributed by atoms with Crippen LogP contribution in [-0.2, 0) is 4.74 Å². The van der Waals surface area contributed by atoms with E-state index in [0.717, 1.165) is 11.0 Å². The summed E-state index contributed by atoms with van der Waals surface area (Å²) in [7, 11) is 0. The number of alkyl carbamates (subject to hydrolysis) is 1. The van der Waals surface area contributed by atoms with Crippen LogP contribution in [0.2, 0.25) is 0 Å². The van der Waals surface area contributed by atoms with E-state index in [-0.39, 0.29) is 18.6 Å². The van der Waals surface area contributed by atoms with E-state index < -0.39 is 11.7 Å². The van der Waals surface area contributed by atoms with Crippen LogP contribution in [0.5, 0.6) is 0 Å². The largest absolute Gasteiger partial charge is 0.447 e. The van der Waals surface area contributed by atoms with E-state index in [4.69, 9.17) is 4.74 Å². The van der Waals surface area contributed by atoms with E-state index in [1.54, 1.807) is 37.2 Å². The molecule has 1 aromatic heterocycles. The molecule has 1 aromatic carbocycles. The van der Waals surface area contributed by atoms with Gasteiger partial charge >= 0.3 is 6.09 Å². The van der Waals surface area contributed by atoms with E-state index in [0.29, 0.717) is 37.9 Å². The van der Waals surface area contributed by atoms with Crippen molar-refractivity contribution in [2.24, 2.45) is 0 Å². The molecular weight excluding hydrogens is 348 g/mol. The first-order valence-corrected chi connectivity index (χ1v) is 9.26. The van der Waals surface area contributed by atoms with Gasteiger partial charge in [-0.15, -0.1) is 0 Å². The number of amides is 2. The molecule has 0 unspecified atom stereocenters. The van der Waals surface area contributed by atoms with Crippen LogP contribution in [0.4, 0.5) is 4.79 Å². The average molecular weight is 374 g/mol. The first-order valence-electron chi connectivity index (χ1n) is 9.26. The topological polar surface area (TPSA) is 108 Å². The molecular formula is C19H26N4O4. The van der Waals surface area contributed by atoms with Crippen LogP contribution in [-0.4, -0.2) is 63.3 Å². The number of carbonyl (C=O) groups excluding carboxylic acids is 2. The number of nitrogens with one attached hydrogen (secondary N) is 2. The predicted octanol–water partition coefficient (Wildman–Crippen LogP) is 2.05. The van der Waals surface area contributed by atoms with E-state index in [1.807, 2.05) is 6.07 Å². The molecule has 1 atom stereocenters. The smallest absolute Gasteiger partial charge is 0.407 e. The summed E-state index contributed by atoms with van der Waals surface area (Å²) < 4.78 is 5.03. The number of hydrogen-bond acceptors (Lipinski definition) is 5. The first kappa shape index (κ1) is 19.2. The van der Waals surface area contributed by atoms with Gasteiger partial charge in [0.1, 0.15) is 0 Å².